The Bertz CT molecular complexity index is 1150. The van der Waals surface area contributed by atoms with E-state index >= 15 is 0 Å². The van der Waals surface area contributed by atoms with E-state index in [2.05, 4.69) is 26.1 Å². The molecule has 2 saturated heterocycles. The van der Waals surface area contributed by atoms with Gasteiger partial charge in [-0.15, -0.1) is 0 Å². The Morgan fingerprint density at radius 1 is 1.23 bits per heavy atom. The van der Waals surface area contributed by atoms with Crippen LogP contribution in [0.3, 0.4) is 0 Å². The van der Waals surface area contributed by atoms with Crippen molar-refractivity contribution >= 4 is 21.1 Å². The van der Waals surface area contributed by atoms with Crippen LogP contribution in [-0.4, -0.2) is 70.7 Å². The van der Waals surface area contributed by atoms with Crippen LogP contribution in [0.25, 0.3) is 11.0 Å². The number of fused-ring (bicyclic) bond motifs is 1. The van der Waals surface area contributed by atoms with Crippen LogP contribution in [0.5, 0.6) is 0 Å². The summed E-state index contributed by atoms with van der Waals surface area (Å²) in [5.74, 6) is 1.23. The third-order valence-electron chi connectivity index (χ3n) is 6.94. The van der Waals surface area contributed by atoms with Crippen LogP contribution in [-0.2, 0) is 16.4 Å². The molecule has 2 fully saturated rings. The van der Waals surface area contributed by atoms with Gasteiger partial charge in [-0.3, -0.25) is 0 Å². The zero-order valence-electron chi connectivity index (χ0n) is 18.0. The van der Waals surface area contributed by atoms with Crippen molar-refractivity contribution in [3.05, 3.63) is 47.1 Å². The molecule has 5 rings (SSSR count). The number of hydrogen-bond donors (Lipinski definition) is 1. The molecule has 0 aliphatic carbocycles. The lowest BCUT2D eigenvalue weighted by atomic mass is 9.90. The van der Waals surface area contributed by atoms with Gasteiger partial charge in [-0.1, -0.05) is 5.16 Å². The van der Waals surface area contributed by atoms with Crippen molar-refractivity contribution in [2.75, 3.05) is 32.7 Å². The van der Waals surface area contributed by atoms with Gasteiger partial charge >= 0.3 is 0 Å². The number of pyridine rings is 1. The van der Waals surface area contributed by atoms with Crippen molar-refractivity contribution in [3.63, 3.8) is 0 Å². The molecule has 166 valence electrons. The highest BCUT2D eigenvalue weighted by Gasteiger charge is 2.41. The Morgan fingerprint density at radius 2 is 2.00 bits per heavy atom. The number of sulfonamides is 1. The highest BCUT2D eigenvalue weighted by atomic mass is 32.2. The van der Waals surface area contributed by atoms with Crippen LogP contribution in [0, 0.1) is 13.8 Å². The number of likely N-dealkylation sites (tertiary alicyclic amines) is 1. The molecular formula is C22H29N5O3S. The third-order valence-corrected chi connectivity index (χ3v) is 9.17. The van der Waals surface area contributed by atoms with E-state index in [1.807, 2.05) is 26.1 Å². The maximum Gasteiger partial charge on any atom is 0.219 e. The third kappa shape index (κ3) is 3.79. The predicted molar refractivity (Wildman–Crippen MR) is 118 cm³/mol. The number of hydrogen-bond acceptors (Lipinski definition) is 6. The van der Waals surface area contributed by atoms with E-state index in [1.165, 1.54) is 5.56 Å². The van der Waals surface area contributed by atoms with E-state index in [9.17, 15) is 8.42 Å². The van der Waals surface area contributed by atoms with E-state index in [4.69, 9.17) is 4.52 Å². The fourth-order valence-electron chi connectivity index (χ4n) is 4.97. The summed E-state index contributed by atoms with van der Waals surface area (Å²) in [5.41, 5.74) is 4.23. The molecule has 0 spiro atoms. The lowest BCUT2D eigenvalue weighted by Crippen LogP contribution is -2.59. The Morgan fingerprint density at radius 3 is 2.71 bits per heavy atom. The molecule has 0 atom stereocenters. The Kier molecular flexibility index (Phi) is 5.35. The number of H-pyrrole nitrogens is 1. The summed E-state index contributed by atoms with van der Waals surface area (Å²) < 4.78 is 33.2. The molecule has 5 heterocycles. The number of nitrogens with one attached hydrogen (secondary N) is 1. The Hall–Kier alpha value is -2.23. The van der Waals surface area contributed by atoms with Gasteiger partial charge in [0, 0.05) is 56.1 Å². The van der Waals surface area contributed by atoms with Gasteiger partial charge in [0.15, 0.2) is 0 Å². The molecular weight excluding hydrogens is 414 g/mol. The molecule has 1 N–H and O–H groups in total. The van der Waals surface area contributed by atoms with Gasteiger partial charge in [-0.2, -0.15) is 0 Å². The summed E-state index contributed by atoms with van der Waals surface area (Å²) in [6, 6.07) is 4.04. The Labute approximate surface area is 182 Å². The molecule has 0 aromatic carbocycles. The molecule has 0 radical (unpaired) electrons. The van der Waals surface area contributed by atoms with Crippen molar-refractivity contribution < 1.29 is 12.9 Å². The Balaban J connectivity index is 1.15. The summed E-state index contributed by atoms with van der Waals surface area (Å²) in [4.78, 5) is 9.81. The minimum Gasteiger partial charge on any atom is -0.361 e. The van der Waals surface area contributed by atoms with Gasteiger partial charge in [-0.05, 0) is 56.7 Å². The standard InChI is InChI=1S/C22H29N5O3S/c1-15-19(16(2)30-25-15)7-9-26-13-18(14-26)31(28,29)27-10-5-17(6-11-27)21-12-24-22-20(21)4-3-8-23-22/h3-4,8,12,17-18H,5-7,9-11,13-14H2,1-2H3,(H,23,24). The van der Waals surface area contributed by atoms with E-state index < -0.39 is 10.0 Å². The summed E-state index contributed by atoms with van der Waals surface area (Å²) in [6.45, 7) is 7.12. The van der Waals surface area contributed by atoms with E-state index in [1.54, 1.807) is 10.5 Å². The minimum absolute atomic E-state index is 0.286. The molecule has 3 aromatic rings. The lowest BCUT2D eigenvalue weighted by Gasteiger charge is -2.42. The largest absolute Gasteiger partial charge is 0.361 e. The zero-order valence-corrected chi connectivity index (χ0v) is 18.9. The van der Waals surface area contributed by atoms with Crippen molar-refractivity contribution in [3.8, 4) is 0 Å². The molecule has 0 saturated carbocycles. The van der Waals surface area contributed by atoms with Crippen LogP contribution >= 0.6 is 0 Å². The first kappa shape index (κ1) is 20.7. The molecule has 2 aliphatic heterocycles. The molecule has 3 aromatic heterocycles. The quantitative estimate of drug-likeness (QED) is 0.629. The maximum atomic E-state index is 13.1. The molecule has 8 nitrogen and oxygen atoms in total. The van der Waals surface area contributed by atoms with Gasteiger partial charge in [0.1, 0.15) is 16.7 Å². The van der Waals surface area contributed by atoms with Crippen LogP contribution in [0.1, 0.15) is 41.3 Å². The fraction of sp³-hybridized carbons (Fsp3) is 0.545. The first-order chi connectivity index (χ1) is 14.9. The predicted octanol–water partition coefficient (Wildman–Crippen LogP) is 2.60. The average molecular weight is 444 g/mol. The van der Waals surface area contributed by atoms with Crippen LogP contribution in [0.15, 0.2) is 29.0 Å². The zero-order chi connectivity index (χ0) is 21.6. The monoisotopic (exact) mass is 443 g/mol. The number of aryl methyl sites for hydroxylation is 2. The van der Waals surface area contributed by atoms with Gasteiger partial charge in [-0.25, -0.2) is 17.7 Å². The second-order valence-corrected chi connectivity index (χ2v) is 11.0. The molecule has 2 aliphatic rings. The van der Waals surface area contributed by atoms with Gasteiger partial charge < -0.3 is 14.4 Å². The summed E-state index contributed by atoms with van der Waals surface area (Å²) in [7, 11) is -3.24. The number of aromatic nitrogens is 3. The summed E-state index contributed by atoms with van der Waals surface area (Å²) in [5, 5.41) is 4.86. The van der Waals surface area contributed by atoms with Gasteiger partial charge in [0.25, 0.3) is 0 Å². The van der Waals surface area contributed by atoms with E-state index in [-0.39, 0.29) is 5.25 Å². The van der Waals surface area contributed by atoms with Crippen molar-refractivity contribution in [1.29, 1.82) is 0 Å². The van der Waals surface area contributed by atoms with Gasteiger partial charge in [0.05, 0.1) is 5.69 Å². The van der Waals surface area contributed by atoms with Crippen LogP contribution < -0.4 is 0 Å². The minimum atomic E-state index is -3.24. The first-order valence-corrected chi connectivity index (χ1v) is 12.5. The summed E-state index contributed by atoms with van der Waals surface area (Å²) >= 11 is 0. The van der Waals surface area contributed by atoms with E-state index in [0.29, 0.717) is 32.1 Å². The second-order valence-electron chi connectivity index (χ2n) is 8.80. The number of rotatable bonds is 6. The smallest absolute Gasteiger partial charge is 0.219 e. The molecule has 0 unspecified atom stereocenters. The van der Waals surface area contributed by atoms with Crippen molar-refractivity contribution in [1.82, 2.24) is 24.3 Å². The highest BCUT2D eigenvalue weighted by molar-refractivity contribution is 7.89. The highest BCUT2D eigenvalue weighted by Crippen LogP contribution is 2.34. The van der Waals surface area contributed by atoms with Crippen molar-refractivity contribution in [2.24, 2.45) is 0 Å². The fourth-order valence-corrected chi connectivity index (χ4v) is 6.91. The second kappa shape index (κ2) is 8.03. The molecule has 0 amide bonds. The number of aromatic amines is 1. The molecule has 0 bridgehead atoms. The number of nitrogens with zero attached hydrogens (tertiary/aromatic N) is 4. The topological polar surface area (TPSA) is 95.3 Å². The van der Waals surface area contributed by atoms with Crippen LogP contribution in [0.2, 0.25) is 0 Å². The molecule has 31 heavy (non-hydrogen) atoms. The van der Waals surface area contributed by atoms with Gasteiger partial charge in [0.2, 0.25) is 10.0 Å². The van der Waals surface area contributed by atoms with Crippen molar-refractivity contribution in [2.45, 2.75) is 44.3 Å². The van der Waals surface area contributed by atoms with E-state index in [0.717, 1.165) is 53.9 Å². The summed E-state index contributed by atoms with van der Waals surface area (Å²) in [6.07, 6.45) is 6.37. The maximum absolute atomic E-state index is 13.1. The normalized spacial score (nSPS) is 19.8. The number of piperidine rings is 1. The SMILES string of the molecule is Cc1noc(C)c1CCN1CC(S(=O)(=O)N2CCC(c3c[nH]c4ncccc34)CC2)C1. The lowest BCUT2D eigenvalue weighted by molar-refractivity contribution is 0.179. The average Bonchev–Trinajstić information content (AvgIpc) is 3.30. The first-order valence-electron chi connectivity index (χ1n) is 11.0. The van der Waals surface area contributed by atoms with Crippen LogP contribution in [0.4, 0.5) is 0 Å². The molecule has 9 heteroatoms.